The Labute approximate surface area is 165 Å². The van der Waals surface area contributed by atoms with Gasteiger partial charge in [0.25, 0.3) is 5.56 Å². The largest absolute Gasteiger partial charge is 0.372 e. The Bertz CT molecular complexity index is 989. The second-order valence-corrected chi connectivity index (χ2v) is 6.82. The summed E-state index contributed by atoms with van der Waals surface area (Å²) in [5.74, 6) is 0.155. The summed E-state index contributed by atoms with van der Waals surface area (Å²) in [5.41, 5.74) is 3.71. The monoisotopic (exact) mass is 375 g/mol. The zero-order chi connectivity index (χ0) is 19.9. The molecule has 3 rings (SSSR count). The second kappa shape index (κ2) is 9.29. The van der Waals surface area contributed by atoms with Crippen molar-refractivity contribution in [2.75, 3.05) is 7.11 Å². The van der Waals surface area contributed by atoms with Crippen LogP contribution in [0.1, 0.15) is 52.9 Å². The molecular formula is C24H25NO3. The van der Waals surface area contributed by atoms with Gasteiger partial charge in [0, 0.05) is 31.4 Å². The summed E-state index contributed by atoms with van der Waals surface area (Å²) in [4.78, 5) is 24.1. The van der Waals surface area contributed by atoms with Gasteiger partial charge in [0.05, 0.1) is 6.54 Å². The van der Waals surface area contributed by atoms with Crippen LogP contribution in [0.4, 0.5) is 0 Å². The van der Waals surface area contributed by atoms with Gasteiger partial charge in [0.2, 0.25) is 0 Å². The molecule has 4 nitrogen and oxygen atoms in total. The maximum absolute atomic E-state index is 12.2. The van der Waals surface area contributed by atoms with E-state index in [1.165, 1.54) is 0 Å². The molecule has 4 heteroatoms. The molecular weight excluding hydrogens is 350 g/mol. The molecule has 2 aromatic carbocycles. The van der Waals surface area contributed by atoms with E-state index in [0.717, 1.165) is 28.7 Å². The number of Topliss-reactive ketones (excluding diaryl/α,β-unsaturated/α-hetero) is 1. The van der Waals surface area contributed by atoms with Gasteiger partial charge in [-0.25, -0.2) is 0 Å². The van der Waals surface area contributed by atoms with Gasteiger partial charge in [-0.05, 0) is 35.2 Å². The molecule has 0 saturated carbocycles. The van der Waals surface area contributed by atoms with Gasteiger partial charge >= 0.3 is 0 Å². The summed E-state index contributed by atoms with van der Waals surface area (Å²) in [5, 5.41) is 0. The number of methoxy groups -OCH3 is 1. The Balaban J connectivity index is 1.81. The Morgan fingerprint density at radius 3 is 2.46 bits per heavy atom. The molecule has 0 amide bonds. The average molecular weight is 375 g/mol. The van der Waals surface area contributed by atoms with Crippen molar-refractivity contribution >= 4 is 5.78 Å². The van der Waals surface area contributed by atoms with Crippen molar-refractivity contribution in [3.05, 3.63) is 106 Å². The number of ether oxygens (including phenoxy) is 1. The van der Waals surface area contributed by atoms with Gasteiger partial charge < -0.3 is 9.30 Å². The van der Waals surface area contributed by atoms with Crippen molar-refractivity contribution in [3.8, 4) is 0 Å². The summed E-state index contributed by atoms with van der Waals surface area (Å²) >= 11 is 0. The third kappa shape index (κ3) is 4.65. The van der Waals surface area contributed by atoms with Crippen molar-refractivity contribution in [2.45, 2.75) is 32.4 Å². The Morgan fingerprint density at radius 2 is 1.79 bits per heavy atom. The molecule has 0 aliphatic heterocycles. The Morgan fingerprint density at radius 1 is 1.00 bits per heavy atom. The summed E-state index contributed by atoms with van der Waals surface area (Å²) in [6, 6.07) is 20.8. The van der Waals surface area contributed by atoms with Gasteiger partial charge in [0.15, 0.2) is 5.78 Å². The highest BCUT2D eigenvalue weighted by Crippen LogP contribution is 2.27. The van der Waals surface area contributed by atoms with E-state index >= 15 is 0 Å². The quantitative estimate of drug-likeness (QED) is 0.540. The first-order valence-corrected chi connectivity index (χ1v) is 9.52. The number of pyridine rings is 1. The fourth-order valence-corrected chi connectivity index (χ4v) is 3.30. The third-order valence-corrected chi connectivity index (χ3v) is 4.76. The number of hydrogen-bond acceptors (Lipinski definition) is 3. The standard InChI is InChI=1S/C24H25NO3/c1-3-7-22(26)20-8-6-9-21(16-20)24(28-2)19-13-11-18(12-14-19)17-25-15-5-4-10-23(25)27/h4-6,8-16,24H,3,7,17H2,1-2H3. The minimum absolute atomic E-state index is 0.0186. The molecule has 1 heterocycles. The normalized spacial score (nSPS) is 11.9. The lowest BCUT2D eigenvalue weighted by molar-refractivity contribution is 0.0981. The van der Waals surface area contributed by atoms with Crippen LogP contribution in [0.15, 0.2) is 77.7 Å². The molecule has 1 aromatic heterocycles. The third-order valence-electron chi connectivity index (χ3n) is 4.76. The molecule has 144 valence electrons. The van der Waals surface area contributed by atoms with Gasteiger partial charge in [-0.15, -0.1) is 0 Å². The smallest absolute Gasteiger partial charge is 0.250 e. The number of nitrogens with zero attached hydrogens (tertiary/aromatic N) is 1. The summed E-state index contributed by atoms with van der Waals surface area (Å²) in [6.07, 6.45) is 2.92. The summed E-state index contributed by atoms with van der Waals surface area (Å²) in [6.45, 7) is 2.53. The number of aromatic nitrogens is 1. The summed E-state index contributed by atoms with van der Waals surface area (Å²) in [7, 11) is 1.67. The molecule has 0 saturated heterocycles. The van der Waals surface area contributed by atoms with Gasteiger partial charge in [-0.2, -0.15) is 0 Å². The lowest BCUT2D eigenvalue weighted by Gasteiger charge is -2.18. The first kappa shape index (κ1) is 19.8. The number of ketones is 1. The zero-order valence-corrected chi connectivity index (χ0v) is 16.3. The number of carbonyl (C=O) groups excluding carboxylic acids is 1. The highest BCUT2D eigenvalue weighted by Gasteiger charge is 2.15. The number of carbonyl (C=O) groups is 1. The molecule has 0 fully saturated rings. The van der Waals surface area contributed by atoms with Crippen LogP contribution < -0.4 is 5.56 Å². The van der Waals surface area contributed by atoms with Crippen molar-refractivity contribution in [2.24, 2.45) is 0 Å². The van der Waals surface area contributed by atoms with Crippen LogP contribution in [0.2, 0.25) is 0 Å². The fraction of sp³-hybridized carbons (Fsp3) is 0.250. The van der Waals surface area contributed by atoms with Crippen molar-refractivity contribution in [1.29, 1.82) is 0 Å². The van der Waals surface area contributed by atoms with Crippen LogP contribution in [0.3, 0.4) is 0 Å². The predicted octanol–water partition coefficient (Wildman–Crippen LogP) is 4.62. The Kier molecular flexibility index (Phi) is 6.56. The van der Waals surface area contributed by atoms with E-state index in [4.69, 9.17) is 4.74 Å². The lowest BCUT2D eigenvalue weighted by Crippen LogP contribution is -2.18. The van der Waals surface area contributed by atoms with Crippen LogP contribution in [0, 0.1) is 0 Å². The van der Waals surface area contributed by atoms with E-state index in [2.05, 4.69) is 0 Å². The molecule has 0 bridgehead atoms. The molecule has 1 atom stereocenters. The second-order valence-electron chi connectivity index (χ2n) is 6.82. The van der Waals surface area contributed by atoms with Crippen LogP contribution in [0.5, 0.6) is 0 Å². The highest BCUT2D eigenvalue weighted by molar-refractivity contribution is 5.96. The maximum Gasteiger partial charge on any atom is 0.250 e. The van der Waals surface area contributed by atoms with E-state index in [1.807, 2.05) is 61.5 Å². The Hall–Kier alpha value is -2.98. The van der Waals surface area contributed by atoms with E-state index in [1.54, 1.807) is 30.0 Å². The molecule has 0 N–H and O–H groups in total. The average Bonchev–Trinajstić information content (AvgIpc) is 2.72. The van der Waals surface area contributed by atoms with Crippen LogP contribution in [0.25, 0.3) is 0 Å². The summed E-state index contributed by atoms with van der Waals surface area (Å²) < 4.78 is 7.40. The molecule has 0 aliphatic rings. The molecule has 1 unspecified atom stereocenters. The van der Waals surface area contributed by atoms with Gasteiger partial charge in [-0.1, -0.05) is 55.5 Å². The van der Waals surface area contributed by atoms with E-state index in [9.17, 15) is 9.59 Å². The lowest BCUT2D eigenvalue weighted by atomic mass is 9.96. The topological polar surface area (TPSA) is 48.3 Å². The first-order valence-electron chi connectivity index (χ1n) is 9.52. The SMILES string of the molecule is CCCC(=O)c1cccc(C(OC)c2ccc(Cn3ccccc3=O)cc2)c1. The molecule has 28 heavy (non-hydrogen) atoms. The zero-order valence-electron chi connectivity index (χ0n) is 16.3. The van der Waals surface area contributed by atoms with Crippen molar-refractivity contribution < 1.29 is 9.53 Å². The van der Waals surface area contributed by atoms with Crippen LogP contribution in [-0.4, -0.2) is 17.5 Å². The van der Waals surface area contributed by atoms with E-state index in [0.29, 0.717) is 13.0 Å². The molecule has 0 radical (unpaired) electrons. The first-order chi connectivity index (χ1) is 13.6. The maximum atomic E-state index is 12.2. The van der Waals surface area contributed by atoms with Crippen LogP contribution >= 0.6 is 0 Å². The number of rotatable bonds is 8. The van der Waals surface area contributed by atoms with Crippen molar-refractivity contribution in [1.82, 2.24) is 4.57 Å². The fourth-order valence-electron chi connectivity index (χ4n) is 3.30. The highest BCUT2D eigenvalue weighted by atomic mass is 16.5. The van der Waals surface area contributed by atoms with E-state index < -0.39 is 0 Å². The number of hydrogen-bond donors (Lipinski definition) is 0. The molecule has 0 spiro atoms. The predicted molar refractivity (Wildman–Crippen MR) is 111 cm³/mol. The number of benzene rings is 2. The van der Waals surface area contributed by atoms with Gasteiger partial charge in [0.1, 0.15) is 6.10 Å². The van der Waals surface area contributed by atoms with Crippen molar-refractivity contribution in [3.63, 3.8) is 0 Å². The molecule has 0 aliphatic carbocycles. The minimum Gasteiger partial charge on any atom is -0.372 e. The van der Waals surface area contributed by atoms with E-state index in [-0.39, 0.29) is 17.4 Å². The molecule has 3 aromatic rings. The van der Waals surface area contributed by atoms with Crippen LogP contribution in [-0.2, 0) is 11.3 Å². The minimum atomic E-state index is -0.247. The van der Waals surface area contributed by atoms with Gasteiger partial charge in [-0.3, -0.25) is 9.59 Å².